The maximum atomic E-state index is 11.4. The van der Waals surface area contributed by atoms with E-state index in [9.17, 15) is 10.2 Å². The Morgan fingerprint density at radius 3 is 1.27 bits per heavy atom. The van der Waals surface area contributed by atoms with Crippen LogP contribution in [-0.2, 0) is 10.8 Å². The molecule has 0 amide bonds. The first-order valence-corrected chi connectivity index (χ1v) is 15.8. The van der Waals surface area contributed by atoms with Gasteiger partial charge in [0.25, 0.3) is 0 Å². The van der Waals surface area contributed by atoms with Gasteiger partial charge in [0.05, 0.1) is 12.1 Å². The van der Waals surface area contributed by atoms with Crippen LogP contribution in [-0.4, -0.2) is 34.7 Å². The molecule has 4 aromatic rings. The summed E-state index contributed by atoms with van der Waals surface area (Å²) >= 11 is 0. The highest BCUT2D eigenvalue weighted by Crippen LogP contribution is 2.38. The summed E-state index contributed by atoms with van der Waals surface area (Å²) in [5.41, 5.74) is 7.20. The Morgan fingerprint density at radius 1 is 0.568 bits per heavy atom. The SMILES string of the molecule is CC(C)(C)c1cc(C=N[C@@H]2CCCC[C@H]2N=Cc2cc(C(C)(C)C)cc(-c3ccccc3)c2O)c(O)c(-c2ccccc2)c1. The third-order valence-electron chi connectivity index (χ3n) is 8.68. The monoisotopic (exact) mass is 586 g/mol. The maximum Gasteiger partial charge on any atom is 0.132 e. The molecule has 0 aliphatic heterocycles. The van der Waals surface area contributed by atoms with E-state index in [0.717, 1.165) is 70.2 Å². The van der Waals surface area contributed by atoms with Crippen molar-refractivity contribution in [2.45, 2.75) is 90.1 Å². The Hall–Kier alpha value is -4.18. The van der Waals surface area contributed by atoms with Crippen LogP contribution in [0.1, 0.15) is 89.5 Å². The molecule has 228 valence electrons. The van der Waals surface area contributed by atoms with Gasteiger partial charge < -0.3 is 10.2 Å². The molecule has 0 spiro atoms. The molecular formula is C40H46N2O2. The van der Waals surface area contributed by atoms with Crippen molar-refractivity contribution in [2.24, 2.45) is 9.98 Å². The lowest BCUT2D eigenvalue weighted by Crippen LogP contribution is -2.27. The predicted molar refractivity (Wildman–Crippen MR) is 186 cm³/mol. The Balaban J connectivity index is 1.48. The van der Waals surface area contributed by atoms with E-state index in [4.69, 9.17) is 9.98 Å². The Kier molecular flexibility index (Phi) is 9.10. The highest BCUT2D eigenvalue weighted by molar-refractivity contribution is 5.90. The van der Waals surface area contributed by atoms with Crippen LogP contribution in [0.2, 0.25) is 0 Å². The number of hydrogen-bond acceptors (Lipinski definition) is 4. The lowest BCUT2D eigenvalue weighted by Gasteiger charge is -2.26. The van der Waals surface area contributed by atoms with Crippen molar-refractivity contribution in [2.75, 3.05) is 0 Å². The Morgan fingerprint density at radius 2 is 0.932 bits per heavy atom. The number of aromatic hydroxyl groups is 2. The fourth-order valence-corrected chi connectivity index (χ4v) is 5.84. The van der Waals surface area contributed by atoms with E-state index in [2.05, 4.69) is 65.8 Å². The second kappa shape index (κ2) is 12.8. The number of nitrogens with zero attached hydrogens (tertiary/aromatic N) is 2. The summed E-state index contributed by atoms with van der Waals surface area (Å²) in [5.74, 6) is 0.502. The van der Waals surface area contributed by atoms with Gasteiger partial charge in [-0.25, -0.2) is 0 Å². The number of benzene rings is 4. The Bertz CT molecular complexity index is 1520. The summed E-state index contributed by atoms with van der Waals surface area (Å²) in [7, 11) is 0. The predicted octanol–water partition coefficient (Wildman–Crippen LogP) is 9.88. The molecule has 44 heavy (non-hydrogen) atoms. The second-order valence-corrected chi connectivity index (χ2v) is 14.1. The highest BCUT2D eigenvalue weighted by atomic mass is 16.3. The van der Waals surface area contributed by atoms with Crippen molar-refractivity contribution in [1.29, 1.82) is 0 Å². The van der Waals surface area contributed by atoms with Gasteiger partial charge in [-0.05, 0) is 70.2 Å². The minimum absolute atomic E-state index is 0.000552. The normalized spacial score (nSPS) is 17.9. The van der Waals surface area contributed by atoms with Gasteiger partial charge in [0.15, 0.2) is 0 Å². The van der Waals surface area contributed by atoms with Crippen molar-refractivity contribution in [3.05, 3.63) is 107 Å². The molecular weight excluding hydrogens is 540 g/mol. The maximum absolute atomic E-state index is 11.4. The van der Waals surface area contributed by atoms with E-state index in [1.807, 2.05) is 73.1 Å². The summed E-state index contributed by atoms with van der Waals surface area (Å²) in [5, 5.41) is 22.7. The molecule has 4 heteroatoms. The molecule has 0 bridgehead atoms. The number of aliphatic imine (C=N–C) groups is 2. The van der Waals surface area contributed by atoms with Gasteiger partial charge in [-0.15, -0.1) is 0 Å². The molecule has 1 aliphatic carbocycles. The van der Waals surface area contributed by atoms with E-state index in [-0.39, 0.29) is 34.4 Å². The average Bonchev–Trinajstić information content (AvgIpc) is 3.00. The van der Waals surface area contributed by atoms with Crippen molar-refractivity contribution >= 4 is 12.4 Å². The van der Waals surface area contributed by atoms with Crippen molar-refractivity contribution in [3.63, 3.8) is 0 Å². The van der Waals surface area contributed by atoms with Gasteiger partial charge in [0.2, 0.25) is 0 Å². The highest BCUT2D eigenvalue weighted by Gasteiger charge is 2.25. The molecule has 1 aliphatic rings. The molecule has 1 saturated carbocycles. The van der Waals surface area contributed by atoms with Crippen LogP contribution in [0.3, 0.4) is 0 Å². The summed E-state index contributed by atoms with van der Waals surface area (Å²) in [6.07, 6.45) is 7.77. The van der Waals surface area contributed by atoms with Gasteiger partial charge in [0, 0.05) is 34.7 Å². The summed E-state index contributed by atoms with van der Waals surface area (Å²) < 4.78 is 0. The van der Waals surface area contributed by atoms with E-state index in [1.54, 1.807) is 0 Å². The molecule has 4 aromatic carbocycles. The first kappa shape index (κ1) is 31.3. The van der Waals surface area contributed by atoms with E-state index in [1.165, 1.54) is 0 Å². The molecule has 5 rings (SSSR count). The standard InChI is InChI=1S/C40H46N2O2/c1-39(2,3)31-21-29(37(43)33(23-31)27-15-9-7-10-16-27)25-41-35-19-13-14-20-36(35)42-26-30-22-32(40(4,5)6)24-34(38(30)44)28-17-11-8-12-18-28/h7-12,15-18,21-26,35-36,43-44H,13-14,19-20H2,1-6H3/t35-,36-/m1/s1. The first-order valence-electron chi connectivity index (χ1n) is 15.8. The van der Waals surface area contributed by atoms with Crippen molar-refractivity contribution in [1.82, 2.24) is 0 Å². The van der Waals surface area contributed by atoms with Crippen LogP contribution in [0.4, 0.5) is 0 Å². The summed E-state index contributed by atoms with van der Waals surface area (Å²) in [4.78, 5) is 10.1. The Labute approximate surface area is 263 Å². The van der Waals surface area contributed by atoms with Crippen LogP contribution in [0.25, 0.3) is 22.3 Å². The topological polar surface area (TPSA) is 65.2 Å². The molecule has 0 unspecified atom stereocenters. The zero-order chi connectivity index (χ0) is 31.5. The zero-order valence-corrected chi connectivity index (χ0v) is 27.0. The summed E-state index contributed by atoms with van der Waals surface area (Å²) in [6, 6.07) is 28.4. The molecule has 0 aromatic heterocycles. The smallest absolute Gasteiger partial charge is 0.132 e. The number of phenolic OH excluding ortho intramolecular Hbond substituents is 2. The minimum Gasteiger partial charge on any atom is -0.507 e. The third kappa shape index (κ3) is 7.13. The van der Waals surface area contributed by atoms with Gasteiger partial charge >= 0.3 is 0 Å². The van der Waals surface area contributed by atoms with Gasteiger partial charge in [-0.2, -0.15) is 0 Å². The van der Waals surface area contributed by atoms with Crippen molar-refractivity contribution in [3.8, 4) is 33.8 Å². The van der Waals surface area contributed by atoms with E-state index in [0.29, 0.717) is 0 Å². The molecule has 2 N–H and O–H groups in total. The average molecular weight is 587 g/mol. The zero-order valence-electron chi connectivity index (χ0n) is 27.0. The quantitative estimate of drug-likeness (QED) is 0.221. The fraction of sp³-hybridized carbons (Fsp3) is 0.350. The molecule has 0 heterocycles. The lowest BCUT2D eigenvalue weighted by molar-refractivity contribution is 0.390. The van der Waals surface area contributed by atoms with Crippen LogP contribution in [0, 0.1) is 0 Å². The number of rotatable bonds is 6. The van der Waals surface area contributed by atoms with E-state index >= 15 is 0 Å². The van der Waals surface area contributed by atoms with Crippen LogP contribution >= 0.6 is 0 Å². The second-order valence-electron chi connectivity index (χ2n) is 14.1. The van der Waals surface area contributed by atoms with Crippen molar-refractivity contribution < 1.29 is 10.2 Å². The lowest BCUT2D eigenvalue weighted by atomic mass is 9.83. The van der Waals surface area contributed by atoms with Crippen LogP contribution in [0.15, 0.2) is 94.9 Å². The van der Waals surface area contributed by atoms with Gasteiger partial charge in [-0.1, -0.05) is 115 Å². The van der Waals surface area contributed by atoms with Gasteiger partial charge in [-0.3, -0.25) is 9.98 Å². The first-order chi connectivity index (χ1) is 20.9. The largest absolute Gasteiger partial charge is 0.507 e. The van der Waals surface area contributed by atoms with E-state index < -0.39 is 0 Å². The van der Waals surface area contributed by atoms with Crippen LogP contribution < -0.4 is 0 Å². The summed E-state index contributed by atoms with van der Waals surface area (Å²) in [6.45, 7) is 13.1. The molecule has 4 nitrogen and oxygen atoms in total. The van der Waals surface area contributed by atoms with Gasteiger partial charge in [0.1, 0.15) is 11.5 Å². The third-order valence-corrected chi connectivity index (χ3v) is 8.68. The molecule has 0 radical (unpaired) electrons. The molecule has 2 atom stereocenters. The molecule has 0 saturated heterocycles. The van der Waals surface area contributed by atoms with Crippen LogP contribution in [0.5, 0.6) is 11.5 Å². The fourth-order valence-electron chi connectivity index (χ4n) is 5.84. The molecule has 1 fully saturated rings. The minimum atomic E-state index is -0.0836. The number of hydrogen-bond donors (Lipinski definition) is 2. The number of phenols is 2.